The van der Waals surface area contributed by atoms with E-state index in [-0.39, 0.29) is 19.3 Å². The van der Waals surface area contributed by atoms with E-state index in [1.165, 1.54) is 6.07 Å². The van der Waals surface area contributed by atoms with Crippen molar-refractivity contribution in [1.82, 2.24) is 0 Å². The van der Waals surface area contributed by atoms with Gasteiger partial charge in [0.25, 0.3) is 0 Å². The molecule has 2 fully saturated rings. The zero-order valence-electron chi connectivity index (χ0n) is 14.5. The van der Waals surface area contributed by atoms with E-state index in [0.717, 1.165) is 0 Å². The van der Waals surface area contributed by atoms with Crippen LogP contribution in [0.25, 0.3) is 0 Å². The molecule has 2 aliphatic rings. The van der Waals surface area contributed by atoms with Crippen molar-refractivity contribution < 1.29 is 28.3 Å². The molecular weight excluding hydrogens is 314 g/mol. The third-order valence-electron chi connectivity index (χ3n) is 5.04. The molecule has 0 aliphatic carbocycles. The molecule has 1 N–H and O–H groups in total. The van der Waals surface area contributed by atoms with Crippen LogP contribution in [0.15, 0.2) is 18.2 Å². The molecule has 1 aromatic rings. The molecule has 132 valence electrons. The van der Waals surface area contributed by atoms with Gasteiger partial charge in [-0.15, -0.1) is 0 Å². The summed E-state index contributed by atoms with van der Waals surface area (Å²) < 4.78 is 37.0. The smallest absolute Gasteiger partial charge is 0.399 e. The lowest BCUT2D eigenvalue weighted by Gasteiger charge is -2.32. The number of hydrogen-bond acceptors (Lipinski definition) is 5. The first-order valence-electron chi connectivity index (χ1n) is 8.21. The highest BCUT2D eigenvalue weighted by atomic mass is 19.1. The Morgan fingerprint density at radius 3 is 2.42 bits per heavy atom. The highest BCUT2D eigenvalue weighted by Gasteiger charge is 2.52. The molecule has 24 heavy (non-hydrogen) atoms. The number of ether oxygens (including phenoxy) is 2. The number of halogens is 1. The summed E-state index contributed by atoms with van der Waals surface area (Å²) in [6.07, 6.45) is -0.991. The van der Waals surface area contributed by atoms with Gasteiger partial charge < -0.3 is 23.9 Å². The Bertz CT molecular complexity index is 591. The lowest BCUT2D eigenvalue weighted by atomic mass is 9.78. The minimum absolute atomic E-state index is 0.214. The van der Waals surface area contributed by atoms with Gasteiger partial charge >= 0.3 is 7.12 Å². The van der Waals surface area contributed by atoms with Crippen LogP contribution in [0.3, 0.4) is 0 Å². The molecule has 1 unspecified atom stereocenters. The first kappa shape index (κ1) is 17.8. The molecule has 7 heteroatoms. The summed E-state index contributed by atoms with van der Waals surface area (Å²) in [7, 11) is -0.727. The lowest BCUT2D eigenvalue weighted by Crippen LogP contribution is -2.41. The standard InChI is InChI=1S/C17H24BFO5/c1-16(2)17(3,4)24-18(23-16)12-6-5-11(7-13(12)19)8-22-15-10-21-9-14(15)20/h5-7,14-15,20H,8-10H2,1-4H3/t14-,15?/m1/s1. The number of hydrogen-bond donors (Lipinski definition) is 1. The van der Waals surface area contributed by atoms with E-state index in [1.54, 1.807) is 12.1 Å². The summed E-state index contributed by atoms with van der Waals surface area (Å²) in [5.41, 5.74) is 0.0446. The number of benzene rings is 1. The van der Waals surface area contributed by atoms with Gasteiger partial charge in [-0.05, 0) is 39.3 Å². The van der Waals surface area contributed by atoms with E-state index in [0.29, 0.717) is 17.6 Å². The molecule has 0 saturated carbocycles. The van der Waals surface area contributed by atoms with E-state index in [2.05, 4.69) is 0 Å². The molecule has 1 aromatic carbocycles. The van der Waals surface area contributed by atoms with Gasteiger partial charge in [0.05, 0.1) is 31.0 Å². The molecule has 0 bridgehead atoms. The fourth-order valence-electron chi connectivity index (χ4n) is 2.71. The van der Waals surface area contributed by atoms with E-state index in [4.69, 9.17) is 18.8 Å². The average Bonchev–Trinajstić information content (AvgIpc) is 2.97. The fraction of sp³-hybridized carbons (Fsp3) is 0.647. The summed E-state index contributed by atoms with van der Waals surface area (Å²) in [6.45, 7) is 8.58. The van der Waals surface area contributed by atoms with Gasteiger partial charge in [-0.3, -0.25) is 0 Å². The normalized spacial score (nSPS) is 28.5. The highest BCUT2D eigenvalue weighted by Crippen LogP contribution is 2.36. The SMILES string of the molecule is CC1(C)OB(c2ccc(COC3COC[C@H]3O)cc2F)OC1(C)C. The molecule has 2 heterocycles. The van der Waals surface area contributed by atoms with Gasteiger partial charge in [0.2, 0.25) is 0 Å². The zero-order valence-corrected chi connectivity index (χ0v) is 14.5. The van der Waals surface area contributed by atoms with Crippen LogP contribution in [0, 0.1) is 5.82 Å². The van der Waals surface area contributed by atoms with Crippen LogP contribution in [-0.4, -0.2) is 48.8 Å². The first-order chi connectivity index (χ1) is 11.2. The van der Waals surface area contributed by atoms with Gasteiger partial charge in [-0.25, -0.2) is 4.39 Å². The van der Waals surface area contributed by atoms with Gasteiger partial charge in [-0.2, -0.15) is 0 Å². The van der Waals surface area contributed by atoms with Crippen LogP contribution in [-0.2, 0) is 25.4 Å². The molecule has 0 amide bonds. The van der Waals surface area contributed by atoms with E-state index < -0.39 is 30.2 Å². The maximum absolute atomic E-state index is 14.5. The first-order valence-corrected chi connectivity index (χ1v) is 8.21. The molecule has 2 atom stereocenters. The lowest BCUT2D eigenvalue weighted by molar-refractivity contribution is -0.0188. The van der Waals surface area contributed by atoms with Crippen molar-refractivity contribution in [2.45, 2.75) is 57.7 Å². The van der Waals surface area contributed by atoms with Crippen LogP contribution < -0.4 is 5.46 Å². The van der Waals surface area contributed by atoms with E-state index in [9.17, 15) is 9.50 Å². The van der Waals surface area contributed by atoms with Gasteiger partial charge in [0.15, 0.2) is 0 Å². The minimum Gasteiger partial charge on any atom is -0.399 e. The molecule has 0 aromatic heterocycles. The summed E-state index contributed by atoms with van der Waals surface area (Å²) >= 11 is 0. The molecule has 5 nitrogen and oxygen atoms in total. The summed E-state index contributed by atoms with van der Waals surface area (Å²) in [5, 5.41) is 9.65. The van der Waals surface area contributed by atoms with Crippen molar-refractivity contribution in [3.8, 4) is 0 Å². The molecule has 0 radical (unpaired) electrons. The Morgan fingerprint density at radius 1 is 1.21 bits per heavy atom. The highest BCUT2D eigenvalue weighted by molar-refractivity contribution is 6.62. The monoisotopic (exact) mass is 338 g/mol. The Morgan fingerprint density at radius 2 is 1.88 bits per heavy atom. The predicted octanol–water partition coefficient (Wildman–Crippen LogP) is 1.40. The van der Waals surface area contributed by atoms with Crippen LogP contribution in [0.1, 0.15) is 33.3 Å². The molecule has 3 rings (SSSR count). The topological polar surface area (TPSA) is 57.2 Å². The molecular formula is C17H24BFO5. The van der Waals surface area contributed by atoms with Crippen LogP contribution >= 0.6 is 0 Å². The quantitative estimate of drug-likeness (QED) is 0.841. The molecule has 0 spiro atoms. The number of aliphatic hydroxyl groups is 1. The van der Waals surface area contributed by atoms with Crippen molar-refractivity contribution >= 4 is 12.6 Å². The van der Waals surface area contributed by atoms with Gasteiger partial charge in [0, 0.05) is 5.46 Å². The van der Waals surface area contributed by atoms with Crippen LogP contribution in [0.4, 0.5) is 4.39 Å². The van der Waals surface area contributed by atoms with Crippen LogP contribution in [0.5, 0.6) is 0 Å². The third-order valence-corrected chi connectivity index (χ3v) is 5.04. The third kappa shape index (κ3) is 3.37. The second kappa shape index (κ2) is 6.39. The van der Waals surface area contributed by atoms with Crippen molar-refractivity contribution in [3.05, 3.63) is 29.6 Å². The molecule has 2 saturated heterocycles. The number of aliphatic hydroxyl groups excluding tert-OH is 1. The van der Waals surface area contributed by atoms with Crippen molar-refractivity contribution in [1.29, 1.82) is 0 Å². The van der Waals surface area contributed by atoms with Crippen molar-refractivity contribution in [3.63, 3.8) is 0 Å². The number of rotatable bonds is 4. The van der Waals surface area contributed by atoms with Crippen LogP contribution in [0.2, 0.25) is 0 Å². The van der Waals surface area contributed by atoms with Crippen molar-refractivity contribution in [2.75, 3.05) is 13.2 Å². The maximum atomic E-state index is 14.5. The Hall–Kier alpha value is -0.985. The van der Waals surface area contributed by atoms with Gasteiger partial charge in [0.1, 0.15) is 18.0 Å². The fourth-order valence-corrected chi connectivity index (χ4v) is 2.71. The zero-order chi connectivity index (χ0) is 17.5. The van der Waals surface area contributed by atoms with Crippen molar-refractivity contribution in [2.24, 2.45) is 0 Å². The maximum Gasteiger partial charge on any atom is 0.497 e. The second-order valence-electron chi connectivity index (χ2n) is 7.40. The largest absolute Gasteiger partial charge is 0.497 e. The summed E-state index contributed by atoms with van der Waals surface area (Å²) in [4.78, 5) is 0. The Kier molecular flexibility index (Phi) is 4.74. The summed E-state index contributed by atoms with van der Waals surface area (Å²) in [6, 6.07) is 4.87. The second-order valence-corrected chi connectivity index (χ2v) is 7.40. The van der Waals surface area contributed by atoms with E-state index in [1.807, 2.05) is 27.7 Å². The summed E-state index contributed by atoms with van der Waals surface area (Å²) in [5.74, 6) is -0.391. The Balaban J connectivity index is 1.67. The Labute approximate surface area is 142 Å². The minimum atomic E-state index is -0.727. The predicted molar refractivity (Wildman–Crippen MR) is 87.5 cm³/mol. The van der Waals surface area contributed by atoms with E-state index >= 15 is 0 Å². The molecule has 2 aliphatic heterocycles. The average molecular weight is 338 g/mol. The van der Waals surface area contributed by atoms with Gasteiger partial charge in [-0.1, -0.05) is 12.1 Å².